The van der Waals surface area contributed by atoms with Gasteiger partial charge in [0.15, 0.2) is 5.25 Å². The molecule has 0 aliphatic rings. The van der Waals surface area contributed by atoms with Crippen molar-refractivity contribution in [1.29, 1.82) is 0 Å². The number of carboxylic acid groups (broad SMARTS) is 1. The van der Waals surface area contributed by atoms with Crippen LogP contribution < -0.4 is 4.72 Å². The van der Waals surface area contributed by atoms with Crippen LogP contribution in [0.3, 0.4) is 0 Å². The van der Waals surface area contributed by atoms with Crippen LogP contribution in [0, 0.1) is 6.92 Å². The number of nitrogens with zero attached hydrogens (tertiary/aromatic N) is 1. The number of rotatable bonds is 4. The van der Waals surface area contributed by atoms with E-state index < -0.39 is 21.2 Å². The Balaban J connectivity index is 2.93. The number of aromatic nitrogens is 1. The topological polar surface area (TPSA) is 96.4 Å². The molecule has 1 aromatic heterocycles. The van der Waals surface area contributed by atoms with Crippen molar-refractivity contribution in [2.75, 3.05) is 4.72 Å². The van der Waals surface area contributed by atoms with Gasteiger partial charge in [0.2, 0.25) is 10.0 Å². The molecule has 1 rings (SSSR count). The molecule has 0 amide bonds. The average Bonchev–Trinajstić information content (AvgIpc) is 2.15. The zero-order valence-corrected chi connectivity index (χ0v) is 9.65. The highest BCUT2D eigenvalue weighted by Gasteiger charge is 2.27. The van der Waals surface area contributed by atoms with Crippen LogP contribution in [-0.2, 0) is 14.8 Å². The third kappa shape index (κ3) is 2.93. The smallest absolute Gasteiger partial charge is 0.323 e. The van der Waals surface area contributed by atoms with Crippen LogP contribution in [0.15, 0.2) is 18.3 Å². The fraction of sp³-hybridized carbons (Fsp3) is 0.333. The van der Waals surface area contributed by atoms with Crippen LogP contribution >= 0.6 is 0 Å². The van der Waals surface area contributed by atoms with E-state index in [1.54, 1.807) is 13.0 Å². The van der Waals surface area contributed by atoms with E-state index in [1.807, 2.05) is 0 Å². The molecule has 6 nitrogen and oxygen atoms in total. The van der Waals surface area contributed by atoms with E-state index in [9.17, 15) is 13.2 Å². The van der Waals surface area contributed by atoms with E-state index in [2.05, 4.69) is 9.71 Å². The molecule has 1 atom stereocenters. The number of carbonyl (C=O) groups is 1. The summed E-state index contributed by atoms with van der Waals surface area (Å²) in [6.45, 7) is 2.88. The fourth-order valence-corrected chi connectivity index (χ4v) is 1.80. The van der Waals surface area contributed by atoms with Gasteiger partial charge in [-0.25, -0.2) is 13.4 Å². The van der Waals surface area contributed by atoms with Crippen LogP contribution in [-0.4, -0.2) is 29.7 Å². The molecule has 0 saturated heterocycles. The summed E-state index contributed by atoms with van der Waals surface area (Å²) in [7, 11) is -3.94. The number of carboxylic acids is 1. The summed E-state index contributed by atoms with van der Waals surface area (Å²) in [5.74, 6) is -1.28. The van der Waals surface area contributed by atoms with E-state index >= 15 is 0 Å². The van der Waals surface area contributed by atoms with Gasteiger partial charge >= 0.3 is 5.97 Å². The summed E-state index contributed by atoms with van der Waals surface area (Å²) in [5, 5.41) is 7.09. The monoisotopic (exact) mass is 244 g/mol. The Morgan fingerprint density at radius 1 is 1.56 bits per heavy atom. The minimum absolute atomic E-state index is 0.119. The highest BCUT2D eigenvalue weighted by atomic mass is 32.2. The van der Waals surface area contributed by atoms with E-state index in [0.29, 0.717) is 0 Å². The minimum atomic E-state index is -3.94. The van der Waals surface area contributed by atoms with Gasteiger partial charge in [0.25, 0.3) is 0 Å². The highest BCUT2D eigenvalue weighted by Crippen LogP contribution is 2.10. The largest absolute Gasteiger partial charge is 0.480 e. The summed E-state index contributed by atoms with van der Waals surface area (Å²) in [4.78, 5) is 14.3. The van der Waals surface area contributed by atoms with Gasteiger partial charge in [0, 0.05) is 6.20 Å². The van der Waals surface area contributed by atoms with Crippen molar-refractivity contribution in [2.24, 2.45) is 0 Å². The average molecular weight is 244 g/mol. The van der Waals surface area contributed by atoms with E-state index in [4.69, 9.17) is 5.11 Å². The van der Waals surface area contributed by atoms with E-state index in [-0.39, 0.29) is 5.82 Å². The van der Waals surface area contributed by atoms with Gasteiger partial charge in [-0.1, -0.05) is 0 Å². The Hall–Kier alpha value is -1.63. The number of aliphatic carboxylic acids is 1. The molecule has 0 aliphatic carbocycles. The molecule has 0 fully saturated rings. The molecule has 88 valence electrons. The molecular weight excluding hydrogens is 232 g/mol. The first-order chi connectivity index (χ1) is 7.33. The molecule has 2 N–H and O–H groups in total. The predicted molar refractivity (Wildman–Crippen MR) is 58.6 cm³/mol. The number of aryl methyl sites for hydroxylation is 1. The lowest BCUT2D eigenvalue weighted by Crippen LogP contribution is -2.32. The molecule has 0 spiro atoms. The molecule has 1 aromatic rings. The molecule has 1 heterocycles. The van der Waals surface area contributed by atoms with Crippen LogP contribution in [0.5, 0.6) is 0 Å². The Labute approximate surface area is 93.4 Å². The summed E-state index contributed by atoms with van der Waals surface area (Å²) < 4.78 is 25.2. The Morgan fingerprint density at radius 3 is 2.69 bits per heavy atom. The molecular formula is C9H12N2O4S. The van der Waals surface area contributed by atoms with Crippen molar-refractivity contribution < 1.29 is 18.3 Å². The van der Waals surface area contributed by atoms with Gasteiger partial charge in [0.05, 0.1) is 0 Å². The maximum Gasteiger partial charge on any atom is 0.323 e. The first-order valence-corrected chi connectivity index (χ1v) is 6.04. The molecule has 0 aliphatic heterocycles. The number of hydrogen-bond donors (Lipinski definition) is 2. The minimum Gasteiger partial charge on any atom is -0.480 e. The lowest BCUT2D eigenvalue weighted by atomic mass is 10.3. The number of sulfonamides is 1. The van der Waals surface area contributed by atoms with Gasteiger partial charge in [-0.2, -0.15) is 0 Å². The zero-order valence-electron chi connectivity index (χ0n) is 8.84. The second kappa shape index (κ2) is 4.48. The van der Waals surface area contributed by atoms with E-state index in [1.165, 1.54) is 12.3 Å². The van der Waals surface area contributed by atoms with Crippen molar-refractivity contribution in [3.63, 3.8) is 0 Å². The van der Waals surface area contributed by atoms with Crippen molar-refractivity contribution >= 4 is 21.8 Å². The predicted octanol–water partition coefficient (Wildman–Crippen LogP) is 0.605. The van der Waals surface area contributed by atoms with Crippen LogP contribution in [0.25, 0.3) is 0 Å². The summed E-state index contributed by atoms with van der Waals surface area (Å²) in [6.07, 6.45) is 1.44. The normalized spacial score (nSPS) is 13.1. The molecule has 16 heavy (non-hydrogen) atoms. The number of pyridine rings is 1. The number of nitrogens with one attached hydrogen (secondary N) is 1. The molecule has 0 bridgehead atoms. The lowest BCUT2D eigenvalue weighted by molar-refractivity contribution is -0.136. The molecule has 0 aromatic carbocycles. The summed E-state index contributed by atoms with van der Waals surface area (Å²) in [6, 6.07) is 3.23. The number of hydrogen-bond acceptors (Lipinski definition) is 4. The Kier molecular flexibility index (Phi) is 3.48. The molecule has 0 saturated carbocycles. The van der Waals surface area contributed by atoms with Crippen LogP contribution in [0.4, 0.5) is 5.82 Å². The first kappa shape index (κ1) is 12.4. The zero-order chi connectivity index (χ0) is 12.3. The van der Waals surface area contributed by atoms with Gasteiger partial charge in [-0.05, 0) is 31.5 Å². The fourth-order valence-electron chi connectivity index (χ4n) is 0.959. The summed E-state index contributed by atoms with van der Waals surface area (Å²) >= 11 is 0. The lowest BCUT2D eigenvalue weighted by Gasteiger charge is -2.10. The molecule has 1 unspecified atom stereocenters. The van der Waals surface area contributed by atoms with Crippen LogP contribution in [0.2, 0.25) is 0 Å². The third-order valence-electron chi connectivity index (χ3n) is 1.98. The highest BCUT2D eigenvalue weighted by molar-refractivity contribution is 7.94. The second-order valence-corrected chi connectivity index (χ2v) is 5.35. The SMILES string of the molecule is Cc1ccnc(NS(=O)(=O)C(C)C(=O)O)c1. The van der Waals surface area contributed by atoms with Crippen molar-refractivity contribution in [3.05, 3.63) is 23.9 Å². The van der Waals surface area contributed by atoms with Crippen molar-refractivity contribution in [2.45, 2.75) is 19.1 Å². The third-order valence-corrected chi connectivity index (χ3v) is 3.60. The standard InChI is InChI=1S/C9H12N2O4S/c1-6-3-4-10-8(5-6)11-16(14,15)7(2)9(12)13/h3-5,7H,1-2H3,(H,10,11)(H,12,13). The Morgan fingerprint density at radius 2 is 2.19 bits per heavy atom. The van der Waals surface area contributed by atoms with Crippen molar-refractivity contribution in [3.8, 4) is 0 Å². The summed E-state index contributed by atoms with van der Waals surface area (Å²) in [5.41, 5.74) is 0.829. The van der Waals surface area contributed by atoms with Crippen LogP contribution in [0.1, 0.15) is 12.5 Å². The Bertz CT molecular complexity index is 498. The number of anilines is 1. The van der Waals surface area contributed by atoms with E-state index in [0.717, 1.165) is 12.5 Å². The van der Waals surface area contributed by atoms with Crippen molar-refractivity contribution in [1.82, 2.24) is 4.98 Å². The first-order valence-electron chi connectivity index (χ1n) is 4.50. The molecule has 0 radical (unpaired) electrons. The van der Waals surface area contributed by atoms with Gasteiger partial charge in [0.1, 0.15) is 5.82 Å². The van der Waals surface area contributed by atoms with Gasteiger partial charge < -0.3 is 5.11 Å². The molecule has 7 heteroatoms. The van der Waals surface area contributed by atoms with Gasteiger partial charge in [-0.15, -0.1) is 0 Å². The quantitative estimate of drug-likeness (QED) is 0.808. The maximum absolute atomic E-state index is 11.5. The van der Waals surface area contributed by atoms with Gasteiger partial charge in [-0.3, -0.25) is 9.52 Å². The maximum atomic E-state index is 11.5. The second-order valence-electron chi connectivity index (χ2n) is 3.35.